The van der Waals surface area contributed by atoms with Gasteiger partial charge in [0.15, 0.2) is 0 Å². The summed E-state index contributed by atoms with van der Waals surface area (Å²) in [6.45, 7) is 1.51. The predicted molar refractivity (Wildman–Crippen MR) is 82.0 cm³/mol. The second kappa shape index (κ2) is 7.57. The number of hydrogen-bond donors (Lipinski definition) is 1. The quantitative estimate of drug-likeness (QED) is 0.752. The molecule has 1 N–H and O–H groups in total. The van der Waals surface area contributed by atoms with E-state index in [1.165, 1.54) is 17.0 Å². The predicted octanol–water partition coefficient (Wildman–Crippen LogP) is 4.58. The lowest BCUT2D eigenvalue weighted by atomic mass is 10.0. The monoisotopic (exact) mass is 382 g/mol. The van der Waals surface area contributed by atoms with E-state index in [-0.39, 0.29) is 46.1 Å². The number of halogens is 7. The first-order chi connectivity index (χ1) is 9.32. The van der Waals surface area contributed by atoms with Crippen LogP contribution in [0.3, 0.4) is 0 Å². The Morgan fingerprint density at radius 2 is 1.57 bits per heavy atom. The highest BCUT2D eigenvalue weighted by Crippen LogP contribution is 2.45. The van der Waals surface area contributed by atoms with Crippen molar-refractivity contribution in [2.45, 2.75) is 12.2 Å². The van der Waals surface area contributed by atoms with E-state index in [0.29, 0.717) is 13.1 Å². The highest BCUT2D eigenvalue weighted by Gasteiger charge is 2.47. The Balaban J connectivity index is 0.00000220. The molecule has 0 spiro atoms. The minimum absolute atomic E-state index is 0. The molecule has 9 heteroatoms. The molecule has 0 bridgehead atoms. The molecule has 0 saturated carbocycles. The Kier molecular flexibility index (Phi) is 6.90. The molecule has 1 aromatic carbocycles. The third kappa shape index (κ3) is 4.30. The van der Waals surface area contributed by atoms with Crippen molar-refractivity contribution in [3.8, 4) is 0 Å². The molecule has 1 atom stereocenters. The van der Waals surface area contributed by atoms with E-state index >= 15 is 0 Å². The molecular weight excluding hydrogens is 371 g/mol. The van der Waals surface area contributed by atoms with Crippen molar-refractivity contribution < 1.29 is 13.2 Å². The summed E-state index contributed by atoms with van der Waals surface area (Å²) >= 11 is 17.7. The highest BCUT2D eigenvalue weighted by molar-refractivity contribution is 6.44. The molecule has 1 heterocycles. The summed E-state index contributed by atoms with van der Waals surface area (Å²) in [7, 11) is 0. The number of rotatable bonds is 2. The lowest BCUT2D eigenvalue weighted by molar-refractivity contribution is -0.187. The third-order valence-electron chi connectivity index (χ3n) is 3.18. The maximum Gasteiger partial charge on any atom is 0.408 e. The molecule has 1 fully saturated rings. The maximum absolute atomic E-state index is 13.5. The van der Waals surface area contributed by atoms with Crippen LogP contribution in [0.1, 0.15) is 11.6 Å². The first-order valence-electron chi connectivity index (χ1n) is 5.97. The Hall–Kier alpha value is 0.0900. The van der Waals surface area contributed by atoms with Gasteiger partial charge in [0.05, 0.1) is 10.0 Å². The van der Waals surface area contributed by atoms with Gasteiger partial charge in [-0.05, 0) is 12.1 Å². The minimum Gasteiger partial charge on any atom is -0.314 e. The van der Waals surface area contributed by atoms with Gasteiger partial charge in [-0.1, -0.05) is 34.8 Å². The molecular formula is C12H13Cl4F3N2. The van der Waals surface area contributed by atoms with Gasteiger partial charge < -0.3 is 5.32 Å². The normalized spacial score (nSPS) is 18.2. The summed E-state index contributed by atoms with van der Waals surface area (Å²) in [5, 5.41) is 2.91. The highest BCUT2D eigenvalue weighted by atomic mass is 35.5. The Morgan fingerprint density at radius 3 is 2.10 bits per heavy atom. The number of alkyl halides is 3. The molecule has 120 valence electrons. The van der Waals surface area contributed by atoms with E-state index in [4.69, 9.17) is 34.8 Å². The Morgan fingerprint density at radius 1 is 1.05 bits per heavy atom. The van der Waals surface area contributed by atoms with Gasteiger partial charge in [0.25, 0.3) is 0 Å². The Bertz CT molecular complexity index is 490. The number of nitrogens with one attached hydrogen (secondary N) is 1. The second-order valence-electron chi connectivity index (χ2n) is 4.49. The summed E-state index contributed by atoms with van der Waals surface area (Å²) in [5.74, 6) is 0. The van der Waals surface area contributed by atoms with Crippen LogP contribution in [0.25, 0.3) is 0 Å². The van der Waals surface area contributed by atoms with Crippen LogP contribution >= 0.6 is 47.2 Å². The fourth-order valence-electron chi connectivity index (χ4n) is 2.29. The van der Waals surface area contributed by atoms with Gasteiger partial charge in [0, 0.05) is 36.8 Å². The summed E-state index contributed by atoms with van der Waals surface area (Å²) in [6, 6.07) is 0.885. The average Bonchev–Trinajstić information content (AvgIpc) is 2.39. The van der Waals surface area contributed by atoms with Crippen LogP contribution in [0.5, 0.6) is 0 Å². The van der Waals surface area contributed by atoms with E-state index in [1.54, 1.807) is 0 Å². The van der Waals surface area contributed by atoms with Crippen molar-refractivity contribution >= 4 is 47.2 Å². The summed E-state index contributed by atoms with van der Waals surface area (Å²) in [4.78, 5) is 1.32. The minimum atomic E-state index is -4.48. The third-order valence-corrected chi connectivity index (χ3v) is 4.33. The van der Waals surface area contributed by atoms with Crippen molar-refractivity contribution in [3.63, 3.8) is 0 Å². The van der Waals surface area contributed by atoms with Gasteiger partial charge in [-0.25, -0.2) is 0 Å². The summed E-state index contributed by atoms with van der Waals surface area (Å²) < 4.78 is 40.4. The van der Waals surface area contributed by atoms with E-state index in [1.807, 2.05) is 0 Å². The van der Waals surface area contributed by atoms with E-state index in [9.17, 15) is 13.2 Å². The lowest BCUT2D eigenvalue weighted by Gasteiger charge is -2.37. The first kappa shape index (κ1) is 19.1. The van der Waals surface area contributed by atoms with Crippen LogP contribution in [0.15, 0.2) is 12.1 Å². The van der Waals surface area contributed by atoms with Crippen LogP contribution < -0.4 is 5.32 Å². The molecule has 1 aromatic rings. The van der Waals surface area contributed by atoms with E-state index < -0.39 is 12.2 Å². The second-order valence-corrected chi connectivity index (χ2v) is 5.68. The molecule has 0 aliphatic carbocycles. The molecule has 0 aromatic heterocycles. The number of nitrogens with zero attached hydrogens (tertiary/aromatic N) is 1. The summed E-state index contributed by atoms with van der Waals surface area (Å²) in [5.41, 5.74) is -0.171. The van der Waals surface area contributed by atoms with Gasteiger partial charge in [-0.15, -0.1) is 12.4 Å². The molecule has 0 radical (unpaired) electrons. The van der Waals surface area contributed by atoms with E-state index in [0.717, 1.165) is 0 Å². The fraction of sp³-hybridized carbons (Fsp3) is 0.500. The van der Waals surface area contributed by atoms with Crippen molar-refractivity contribution in [2.24, 2.45) is 0 Å². The molecule has 1 saturated heterocycles. The number of benzene rings is 1. The fourth-order valence-corrected chi connectivity index (χ4v) is 3.03. The van der Waals surface area contributed by atoms with Gasteiger partial charge in [0.1, 0.15) is 6.04 Å². The molecule has 0 amide bonds. The summed E-state index contributed by atoms with van der Waals surface area (Å²) in [6.07, 6.45) is -4.48. The Labute approximate surface area is 141 Å². The smallest absolute Gasteiger partial charge is 0.314 e. The van der Waals surface area contributed by atoms with Gasteiger partial charge in [0.2, 0.25) is 0 Å². The van der Waals surface area contributed by atoms with Crippen molar-refractivity contribution in [2.75, 3.05) is 26.2 Å². The maximum atomic E-state index is 13.5. The first-order valence-corrected chi connectivity index (χ1v) is 7.10. The number of piperazine rings is 1. The van der Waals surface area contributed by atoms with Crippen LogP contribution in [-0.2, 0) is 0 Å². The van der Waals surface area contributed by atoms with Gasteiger partial charge >= 0.3 is 6.18 Å². The molecule has 1 aliphatic heterocycles. The largest absolute Gasteiger partial charge is 0.408 e. The zero-order valence-electron chi connectivity index (χ0n) is 10.7. The molecule has 21 heavy (non-hydrogen) atoms. The van der Waals surface area contributed by atoms with Crippen molar-refractivity contribution in [3.05, 3.63) is 32.8 Å². The van der Waals surface area contributed by atoms with E-state index in [2.05, 4.69) is 5.32 Å². The zero-order valence-corrected chi connectivity index (χ0v) is 13.8. The topological polar surface area (TPSA) is 15.3 Å². The van der Waals surface area contributed by atoms with Gasteiger partial charge in [-0.3, -0.25) is 4.90 Å². The zero-order chi connectivity index (χ0) is 14.9. The SMILES string of the molecule is Cl.FC(F)(F)[C@@H](c1c(Cl)ccc(Cl)c1Cl)N1CCNCC1. The average molecular weight is 384 g/mol. The van der Waals surface area contributed by atoms with Crippen LogP contribution in [0.4, 0.5) is 13.2 Å². The van der Waals surface area contributed by atoms with Crippen LogP contribution in [-0.4, -0.2) is 37.3 Å². The van der Waals surface area contributed by atoms with Crippen LogP contribution in [0.2, 0.25) is 15.1 Å². The van der Waals surface area contributed by atoms with Gasteiger partial charge in [-0.2, -0.15) is 13.2 Å². The standard InChI is InChI=1S/C12H12Cl3F3N2.ClH/c13-7-1-2-8(14)10(15)9(7)11(12(16,17)18)20-5-3-19-4-6-20;/h1-2,11,19H,3-6H2;1H/t11-;/m1./s1. The molecule has 2 nitrogen and oxygen atoms in total. The van der Waals surface area contributed by atoms with Crippen LogP contribution in [0, 0.1) is 0 Å². The van der Waals surface area contributed by atoms with Crippen molar-refractivity contribution in [1.82, 2.24) is 10.2 Å². The molecule has 1 aliphatic rings. The molecule has 0 unspecified atom stereocenters. The molecule has 2 rings (SSSR count). The number of hydrogen-bond acceptors (Lipinski definition) is 2. The lowest BCUT2D eigenvalue weighted by Crippen LogP contribution is -2.49. The van der Waals surface area contributed by atoms with Crippen molar-refractivity contribution in [1.29, 1.82) is 0 Å².